The minimum atomic E-state index is 0.0177. The standard InChI is InChI=1S/C24H23N3OS/c1-27(17-24-26-21-13-7-8-14-22(21)29-24)16-23(28)25-20-12-6-5-11-19(20)15-18-9-3-2-4-10-18/h2-14H,15-17H2,1H3,(H,25,28)/p+1. The third-order valence-electron chi connectivity index (χ3n) is 4.78. The number of carbonyl (C=O) groups excluding carboxylic acids is 1. The Labute approximate surface area is 174 Å². The van der Waals surface area contributed by atoms with E-state index >= 15 is 0 Å². The summed E-state index contributed by atoms with van der Waals surface area (Å²) in [5.41, 5.74) is 4.26. The molecule has 0 saturated heterocycles. The van der Waals surface area contributed by atoms with Gasteiger partial charge in [-0.1, -0.05) is 60.7 Å². The number of thiazole rings is 1. The molecule has 0 aliphatic carbocycles. The molecule has 1 unspecified atom stereocenters. The number of carbonyl (C=O) groups is 1. The van der Waals surface area contributed by atoms with Gasteiger partial charge in [0.05, 0.1) is 17.3 Å². The van der Waals surface area contributed by atoms with Crippen molar-refractivity contribution in [3.05, 3.63) is 95.0 Å². The van der Waals surface area contributed by atoms with Gasteiger partial charge in [-0.25, -0.2) is 4.98 Å². The predicted molar refractivity (Wildman–Crippen MR) is 119 cm³/mol. The molecule has 4 rings (SSSR count). The first-order valence-corrected chi connectivity index (χ1v) is 10.6. The summed E-state index contributed by atoms with van der Waals surface area (Å²) >= 11 is 1.70. The van der Waals surface area contributed by atoms with Crippen molar-refractivity contribution in [2.24, 2.45) is 0 Å². The second-order valence-corrected chi connectivity index (χ2v) is 8.37. The molecule has 4 aromatic rings. The molecular weight excluding hydrogens is 378 g/mol. The molecule has 0 aliphatic rings. The number of aromatic nitrogens is 1. The molecule has 0 saturated carbocycles. The highest BCUT2D eigenvalue weighted by Crippen LogP contribution is 2.21. The summed E-state index contributed by atoms with van der Waals surface area (Å²) in [5, 5.41) is 4.15. The van der Waals surface area contributed by atoms with Crippen LogP contribution in [0.4, 0.5) is 5.69 Å². The average Bonchev–Trinajstić information content (AvgIpc) is 3.12. The van der Waals surface area contributed by atoms with Crippen LogP contribution in [0.25, 0.3) is 10.2 Å². The minimum absolute atomic E-state index is 0.0177. The molecule has 0 radical (unpaired) electrons. The lowest BCUT2D eigenvalue weighted by atomic mass is 10.0. The first kappa shape index (κ1) is 19.3. The number of likely N-dealkylation sites (N-methyl/N-ethyl adjacent to an activating group) is 1. The Kier molecular flexibility index (Phi) is 5.98. The molecule has 0 fully saturated rings. The maximum atomic E-state index is 12.6. The number of hydrogen-bond donors (Lipinski definition) is 2. The van der Waals surface area contributed by atoms with Gasteiger partial charge in [-0.05, 0) is 35.7 Å². The van der Waals surface area contributed by atoms with Crippen LogP contribution in [-0.2, 0) is 17.8 Å². The molecule has 0 spiro atoms. The van der Waals surface area contributed by atoms with Gasteiger partial charge >= 0.3 is 0 Å². The lowest BCUT2D eigenvalue weighted by Gasteiger charge is -2.14. The van der Waals surface area contributed by atoms with Crippen LogP contribution in [0.15, 0.2) is 78.9 Å². The zero-order valence-corrected chi connectivity index (χ0v) is 17.2. The maximum absolute atomic E-state index is 12.6. The van der Waals surface area contributed by atoms with E-state index in [0.717, 1.165) is 39.6 Å². The summed E-state index contributed by atoms with van der Waals surface area (Å²) in [6.07, 6.45) is 0.797. The molecule has 146 valence electrons. The van der Waals surface area contributed by atoms with Gasteiger partial charge in [-0.15, -0.1) is 11.3 Å². The summed E-state index contributed by atoms with van der Waals surface area (Å²) < 4.78 is 1.19. The van der Waals surface area contributed by atoms with Crippen LogP contribution < -0.4 is 10.2 Å². The molecule has 4 nitrogen and oxygen atoms in total. The van der Waals surface area contributed by atoms with Crippen molar-refractivity contribution in [2.75, 3.05) is 18.9 Å². The van der Waals surface area contributed by atoms with Crippen LogP contribution in [0.1, 0.15) is 16.1 Å². The molecule has 2 N–H and O–H groups in total. The van der Waals surface area contributed by atoms with E-state index in [2.05, 4.69) is 34.6 Å². The Morgan fingerprint density at radius 3 is 2.52 bits per heavy atom. The van der Waals surface area contributed by atoms with E-state index in [9.17, 15) is 4.79 Å². The Balaban J connectivity index is 1.38. The zero-order chi connectivity index (χ0) is 20.1. The highest BCUT2D eigenvalue weighted by molar-refractivity contribution is 7.18. The summed E-state index contributed by atoms with van der Waals surface area (Å²) in [6.45, 7) is 1.13. The van der Waals surface area contributed by atoms with Gasteiger partial charge in [0, 0.05) is 5.69 Å². The third-order valence-corrected chi connectivity index (χ3v) is 5.82. The lowest BCUT2D eigenvalue weighted by Crippen LogP contribution is -3.08. The summed E-state index contributed by atoms with van der Waals surface area (Å²) in [4.78, 5) is 18.4. The van der Waals surface area contributed by atoms with E-state index in [4.69, 9.17) is 0 Å². The molecule has 3 aromatic carbocycles. The van der Waals surface area contributed by atoms with Crippen LogP contribution in [-0.4, -0.2) is 24.5 Å². The Bertz CT molecular complexity index is 1070. The van der Waals surface area contributed by atoms with E-state index in [1.54, 1.807) is 11.3 Å². The number of anilines is 1. The van der Waals surface area contributed by atoms with Crippen LogP contribution in [0.2, 0.25) is 0 Å². The van der Waals surface area contributed by atoms with Crippen LogP contribution >= 0.6 is 11.3 Å². The van der Waals surface area contributed by atoms with Gasteiger partial charge in [0.2, 0.25) is 0 Å². The Morgan fingerprint density at radius 1 is 0.966 bits per heavy atom. The topological polar surface area (TPSA) is 46.4 Å². The number of benzene rings is 3. The van der Waals surface area contributed by atoms with Crippen molar-refractivity contribution in [1.82, 2.24) is 4.98 Å². The van der Waals surface area contributed by atoms with Gasteiger partial charge < -0.3 is 10.2 Å². The summed E-state index contributed by atoms with van der Waals surface area (Å²) in [7, 11) is 2.03. The number of para-hydroxylation sites is 2. The number of nitrogens with one attached hydrogen (secondary N) is 2. The van der Waals surface area contributed by atoms with Crippen LogP contribution in [0, 0.1) is 0 Å². The monoisotopic (exact) mass is 402 g/mol. The van der Waals surface area contributed by atoms with Crippen molar-refractivity contribution in [3.8, 4) is 0 Å². The van der Waals surface area contributed by atoms with E-state index in [1.165, 1.54) is 10.3 Å². The van der Waals surface area contributed by atoms with Crippen molar-refractivity contribution in [2.45, 2.75) is 13.0 Å². The molecule has 1 heterocycles. The Hall–Kier alpha value is -3.02. The second-order valence-electron chi connectivity index (χ2n) is 7.25. The molecule has 0 aliphatic heterocycles. The van der Waals surface area contributed by atoms with Crippen LogP contribution in [0.3, 0.4) is 0 Å². The fraction of sp³-hybridized carbons (Fsp3) is 0.167. The smallest absolute Gasteiger partial charge is 0.279 e. The predicted octanol–water partition coefficient (Wildman–Crippen LogP) is 3.54. The van der Waals surface area contributed by atoms with Crippen molar-refractivity contribution < 1.29 is 9.69 Å². The highest BCUT2D eigenvalue weighted by atomic mass is 32.1. The molecule has 29 heavy (non-hydrogen) atoms. The minimum Gasteiger partial charge on any atom is -0.324 e. The largest absolute Gasteiger partial charge is 0.324 e. The Morgan fingerprint density at radius 2 is 1.69 bits per heavy atom. The number of fused-ring (bicyclic) bond motifs is 1. The number of hydrogen-bond acceptors (Lipinski definition) is 3. The van der Waals surface area contributed by atoms with Crippen molar-refractivity contribution >= 4 is 33.1 Å². The van der Waals surface area contributed by atoms with Crippen LogP contribution in [0.5, 0.6) is 0 Å². The highest BCUT2D eigenvalue weighted by Gasteiger charge is 2.15. The van der Waals surface area contributed by atoms with Gasteiger partial charge in [0.15, 0.2) is 6.54 Å². The summed E-state index contributed by atoms with van der Waals surface area (Å²) in [6, 6.07) is 26.5. The molecule has 1 aromatic heterocycles. The van der Waals surface area contributed by atoms with Gasteiger partial charge in [0.25, 0.3) is 5.91 Å². The molecule has 1 atom stereocenters. The first-order chi connectivity index (χ1) is 14.2. The molecule has 0 bridgehead atoms. The van der Waals surface area contributed by atoms with E-state index in [1.807, 2.05) is 61.6 Å². The normalized spacial score (nSPS) is 12.0. The fourth-order valence-corrected chi connectivity index (χ4v) is 4.48. The van der Waals surface area contributed by atoms with E-state index in [0.29, 0.717) is 6.54 Å². The first-order valence-electron chi connectivity index (χ1n) is 9.75. The molecule has 5 heteroatoms. The van der Waals surface area contributed by atoms with Crippen molar-refractivity contribution in [1.29, 1.82) is 0 Å². The zero-order valence-electron chi connectivity index (χ0n) is 16.4. The van der Waals surface area contributed by atoms with Crippen molar-refractivity contribution in [3.63, 3.8) is 0 Å². The van der Waals surface area contributed by atoms with E-state index < -0.39 is 0 Å². The number of quaternary nitrogens is 1. The second kappa shape index (κ2) is 8.99. The molecular formula is C24H24N3OS+. The summed E-state index contributed by atoms with van der Waals surface area (Å²) in [5.74, 6) is 0.0177. The SMILES string of the molecule is C[NH+](CC(=O)Nc1ccccc1Cc1ccccc1)Cc1nc2ccccc2s1. The van der Waals surface area contributed by atoms with E-state index in [-0.39, 0.29) is 5.91 Å². The fourth-order valence-electron chi connectivity index (χ4n) is 3.40. The van der Waals surface area contributed by atoms with Gasteiger partial charge in [0.1, 0.15) is 11.6 Å². The maximum Gasteiger partial charge on any atom is 0.279 e. The average molecular weight is 403 g/mol. The molecule has 1 amide bonds. The van der Waals surface area contributed by atoms with Gasteiger partial charge in [-0.2, -0.15) is 0 Å². The third kappa shape index (κ3) is 5.08. The number of amides is 1. The van der Waals surface area contributed by atoms with Gasteiger partial charge in [-0.3, -0.25) is 4.79 Å². The number of nitrogens with zero attached hydrogens (tertiary/aromatic N) is 1. The number of rotatable bonds is 7. The quantitative estimate of drug-likeness (QED) is 0.497. The lowest BCUT2D eigenvalue weighted by molar-refractivity contribution is -0.885.